The highest BCUT2D eigenvalue weighted by Crippen LogP contribution is 2.28. The fourth-order valence-corrected chi connectivity index (χ4v) is 4.72. The molecule has 0 spiro atoms. The van der Waals surface area contributed by atoms with Gasteiger partial charge in [-0.3, -0.25) is 14.3 Å². The van der Waals surface area contributed by atoms with Crippen molar-refractivity contribution < 1.29 is 9.59 Å². The highest BCUT2D eigenvalue weighted by molar-refractivity contribution is 7.13. The number of carbonyl (C=O) groups is 2. The molecule has 0 N–H and O–H groups in total. The summed E-state index contributed by atoms with van der Waals surface area (Å²) in [6, 6.07) is 14.3. The van der Waals surface area contributed by atoms with Crippen LogP contribution in [0, 0.1) is 5.92 Å². The molecule has 1 aliphatic heterocycles. The molecule has 0 unspecified atom stereocenters. The Balaban J connectivity index is 1.47. The van der Waals surface area contributed by atoms with Gasteiger partial charge < -0.3 is 9.80 Å². The van der Waals surface area contributed by atoms with E-state index in [1.165, 1.54) is 5.56 Å². The number of piperidine rings is 1. The third-order valence-electron chi connectivity index (χ3n) is 5.73. The predicted molar refractivity (Wildman–Crippen MR) is 128 cm³/mol. The number of nitrogens with zero attached hydrogens (tertiary/aromatic N) is 4. The molecule has 166 valence electrons. The lowest BCUT2D eigenvalue weighted by atomic mass is 9.95. The van der Waals surface area contributed by atoms with Gasteiger partial charge in [-0.05, 0) is 35.9 Å². The molecule has 0 radical (unpaired) electrons. The van der Waals surface area contributed by atoms with E-state index in [1.54, 1.807) is 36.4 Å². The van der Waals surface area contributed by atoms with Crippen molar-refractivity contribution in [2.75, 3.05) is 27.2 Å². The quantitative estimate of drug-likeness (QED) is 0.536. The standard InChI is InChI=1S/C25H28N4O2S/c1-27(2)25(31)20-12-14-28(15-13-20)23(30)11-10-21-18-29(17-19-7-4-3-5-8-19)26-24(21)22-9-6-16-32-22/h3-11,16,18,20H,12-15,17H2,1-2H3/b11-10+. The third kappa shape index (κ3) is 5.16. The minimum Gasteiger partial charge on any atom is -0.349 e. The van der Waals surface area contributed by atoms with E-state index >= 15 is 0 Å². The second-order valence-electron chi connectivity index (χ2n) is 8.26. The summed E-state index contributed by atoms with van der Waals surface area (Å²) in [4.78, 5) is 29.5. The van der Waals surface area contributed by atoms with Gasteiger partial charge in [0.05, 0.1) is 11.4 Å². The number of carbonyl (C=O) groups excluding carboxylic acids is 2. The molecule has 0 aliphatic carbocycles. The molecule has 0 saturated carbocycles. The summed E-state index contributed by atoms with van der Waals surface area (Å²) in [7, 11) is 3.57. The summed E-state index contributed by atoms with van der Waals surface area (Å²) in [5.41, 5.74) is 2.99. The van der Waals surface area contributed by atoms with Gasteiger partial charge in [0.15, 0.2) is 0 Å². The van der Waals surface area contributed by atoms with Gasteiger partial charge in [0.1, 0.15) is 5.69 Å². The van der Waals surface area contributed by atoms with Gasteiger partial charge in [-0.25, -0.2) is 0 Å². The maximum Gasteiger partial charge on any atom is 0.246 e. The lowest BCUT2D eigenvalue weighted by Crippen LogP contribution is -2.42. The third-order valence-corrected chi connectivity index (χ3v) is 6.61. The zero-order valence-corrected chi connectivity index (χ0v) is 19.3. The zero-order chi connectivity index (χ0) is 22.5. The highest BCUT2D eigenvalue weighted by Gasteiger charge is 2.27. The SMILES string of the molecule is CN(C)C(=O)C1CCN(C(=O)/C=C/c2cn(Cc3ccccc3)nc2-c2cccs2)CC1. The van der Waals surface area contributed by atoms with Crippen LogP contribution in [-0.4, -0.2) is 58.6 Å². The molecule has 1 fully saturated rings. The number of hydrogen-bond acceptors (Lipinski definition) is 4. The Morgan fingerprint density at radius 3 is 2.53 bits per heavy atom. The smallest absolute Gasteiger partial charge is 0.246 e. The number of likely N-dealkylation sites (tertiary alicyclic amines) is 1. The van der Waals surface area contributed by atoms with E-state index in [-0.39, 0.29) is 17.7 Å². The summed E-state index contributed by atoms with van der Waals surface area (Å²) in [5.74, 6) is 0.146. The molecule has 2 amide bonds. The molecule has 2 aromatic heterocycles. The monoisotopic (exact) mass is 448 g/mol. The topological polar surface area (TPSA) is 58.4 Å². The van der Waals surface area contributed by atoms with Crippen molar-refractivity contribution in [2.24, 2.45) is 5.92 Å². The van der Waals surface area contributed by atoms with Crippen molar-refractivity contribution in [1.29, 1.82) is 0 Å². The number of rotatable bonds is 6. The number of hydrogen-bond donors (Lipinski definition) is 0. The molecular formula is C25H28N4O2S. The molecule has 4 rings (SSSR count). The predicted octanol–water partition coefficient (Wildman–Crippen LogP) is 4.00. The van der Waals surface area contributed by atoms with Crippen molar-refractivity contribution in [3.63, 3.8) is 0 Å². The van der Waals surface area contributed by atoms with Crippen molar-refractivity contribution in [3.05, 3.63) is 71.2 Å². The Labute approximate surface area is 192 Å². The maximum absolute atomic E-state index is 12.8. The first-order valence-corrected chi connectivity index (χ1v) is 11.7. The van der Waals surface area contributed by atoms with Gasteiger partial charge >= 0.3 is 0 Å². The van der Waals surface area contributed by atoms with Crippen LogP contribution in [0.1, 0.15) is 24.0 Å². The normalized spacial score (nSPS) is 14.8. The zero-order valence-electron chi connectivity index (χ0n) is 18.5. The molecule has 7 heteroatoms. The molecule has 1 saturated heterocycles. The molecule has 1 aliphatic rings. The highest BCUT2D eigenvalue weighted by atomic mass is 32.1. The van der Waals surface area contributed by atoms with E-state index in [9.17, 15) is 9.59 Å². The lowest BCUT2D eigenvalue weighted by Gasteiger charge is -2.31. The van der Waals surface area contributed by atoms with Gasteiger partial charge in [0, 0.05) is 50.9 Å². The molecule has 1 aromatic carbocycles. The van der Waals surface area contributed by atoms with E-state index < -0.39 is 0 Å². The molecule has 32 heavy (non-hydrogen) atoms. The van der Waals surface area contributed by atoms with Crippen LogP contribution in [0.15, 0.2) is 60.1 Å². The Hall–Kier alpha value is -3.19. The first-order chi connectivity index (χ1) is 15.5. The van der Waals surface area contributed by atoms with Crippen molar-refractivity contribution in [1.82, 2.24) is 19.6 Å². The van der Waals surface area contributed by atoms with Gasteiger partial charge in [-0.1, -0.05) is 36.4 Å². The largest absolute Gasteiger partial charge is 0.349 e. The van der Waals surface area contributed by atoms with Crippen LogP contribution in [0.3, 0.4) is 0 Å². The van der Waals surface area contributed by atoms with Crippen LogP contribution >= 0.6 is 11.3 Å². The minimum atomic E-state index is -0.0197. The van der Waals surface area contributed by atoms with Gasteiger partial charge in [-0.15, -0.1) is 11.3 Å². The number of thiophene rings is 1. The van der Waals surface area contributed by atoms with E-state index in [4.69, 9.17) is 5.10 Å². The van der Waals surface area contributed by atoms with Crippen LogP contribution in [0.4, 0.5) is 0 Å². The van der Waals surface area contributed by atoms with Crippen LogP contribution in [0.25, 0.3) is 16.6 Å². The first-order valence-electron chi connectivity index (χ1n) is 10.8. The number of aromatic nitrogens is 2. The number of benzene rings is 1. The molecule has 0 atom stereocenters. The van der Waals surface area contributed by atoms with Crippen molar-refractivity contribution in [2.45, 2.75) is 19.4 Å². The van der Waals surface area contributed by atoms with Gasteiger partial charge in [-0.2, -0.15) is 5.10 Å². The van der Waals surface area contributed by atoms with Crippen LogP contribution < -0.4 is 0 Å². The van der Waals surface area contributed by atoms with Crippen molar-refractivity contribution >= 4 is 29.2 Å². The Morgan fingerprint density at radius 1 is 1.12 bits per heavy atom. The van der Waals surface area contributed by atoms with Crippen LogP contribution in [0.2, 0.25) is 0 Å². The van der Waals surface area contributed by atoms with Crippen LogP contribution in [-0.2, 0) is 16.1 Å². The lowest BCUT2D eigenvalue weighted by molar-refractivity contribution is -0.137. The summed E-state index contributed by atoms with van der Waals surface area (Å²) in [6.45, 7) is 1.89. The molecular weight excluding hydrogens is 420 g/mol. The average Bonchev–Trinajstić information content (AvgIpc) is 3.47. The van der Waals surface area contributed by atoms with E-state index in [2.05, 4.69) is 12.1 Å². The number of amides is 2. The van der Waals surface area contributed by atoms with E-state index in [0.29, 0.717) is 32.5 Å². The Morgan fingerprint density at radius 2 is 1.88 bits per heavy atom. The molecule has 3 heterocycles. The molecule has 3 aromatic rings. The Bertz CT molecular complexity index is 1080. The minimum absolute atomic E-state index is 0.0136. The second kappa shape index (κ2) is 9.96. The summed E-state index contributed by atoms with van der Waals surface area (Å²) in [6.07, 6.45) is 6.92. The van der Waals surface area contributed by atoms with Gasteiger partial charge in [0.2, 0.25) is 11.8 Å². The van der Waals surface area contributed by atoms with E-state index in [1.807, 2.05) is 57.6 Å². The summed E-state index contributed by atoms with van der Waals surface area (Å²) >= 11 is 1.64. The summed E-state index contributed by atoms with van der Waals surface area (Å²) in [5, 5.41) is 6.82. The van der Waals surface area contributed by atoms with Gasteiger partial charge in [0.25, 0.3) is 0 Å². The Kier molecular flexibility index (Phi) is 6.85. The maximum atomic E-state index is 12.8. The first kappa shape index (κ1) is 22.0. The average molecular weight is 449 g/mol. The van der Waals surface area contributed by atoms with Crippen molar-refractivity contribution in [3.8, 4) is 10.6 Å². The van der Waals surface area contributed by atoms with Crippen LogP contribution in [0.5, 0.6) is 0 Å². The second-order valence-corrected chi connectivity index (χ2v) is 9.21. The molecule has 0 bridgehead atoms. The summed E-state index contributed by atoms with van der Waals surface area (Å²) < 4.78 is 1.92. The fourth-order valence-electron chi connectivity index (χ4n) is 3.99. The van der Waals surface area contributed by atoms with E-state index in [0.717, 1.165) is 16.1 Å². The molecule has 6 nitrogen and oxygen atoms in total. The fraction of sp³-hybridized carbons (Fsp3) is 0.320.